The van der Waals surface area contributed by atoms with Gasteiger partial charge in [0.2, 0.25) is 0 Å². The van der Waals surface area contributed by atoms with Crippen LogP contribution in [0.1, 0.15) is 12.8 Å². The van der Waals surface area contributed by atoms with Crippen LogP contribution in [0.15, 0.2) is 35.2 Å². The Morgan fingerprint density at radius 2 is 1.73 bits per heavy atom. The van der Waals surface area contributed by atoms with Crippen molar-refractivity contribution in [2.45, 2.75) is 22.5 Å². The third-order valence-corrected chi connectivity index (χ3v) is 5.17. The van der Waals surface area contributed by atoms with Crippen molar-refractivity contribution in [3.05, 3.63) is 30.3 Å². The number of aliphatic carboxylic acids is 1. The van der Waals surface area contributed by atoms with E-state index < -0.39 is 20.6 Å². The Morgan fingerprint density at radius 1 is 1.20 bits per heavy atom. The highest BCUT2D eigenvalue weighted by Crippen LogP contribution is 2.46. The van der Waals surface area contributed by atoms with Gasteiger partial charge in [-0.25, -0.2) is 8.42 Å². The Hall–Kier alpha value is -1.36. The van der Waals surface area contributed by atoms with Gasteiger partial charge in [0.15, 0.2) is 14.6 Å². The number of carboxylic acid groups (broad SMARTS) is 1. The number of hydrogen-bond acceptors (Lipinski definition) is 3. The van der Waals surface area contributed by atoms with Gasteiger partial charge in [-0.3, -0.25) is 4.79 Å². The number of rotatable bonds is 3. The molecule has 5 heteroatoms. The molecule has 2 rings (SSSR count). The molecule has 0 aliphatic heterocycles. The highest BCUT2D eigenvalue weighted by molar-refractivity contribution is 7.94. The summed E-state index contributed by atoms with van der Waals surface area (Å²) in [5.41, 5.74) is 0. The summed E-state index contributed by atoms with van der Waals surface area (Å²) in [6.45, 7) is 0. The molecule has 4 nitrogen and oxygen atoms in total. The van der Waals surface area contributed by atoms with Crippen LogP contribution in [0.4, 0.5) is 0 Å². The fourth-order valence-electron chi connectivity index (χ4n) is 1.54. The van der Waals surface area contributed by atoms with E-state index in [1.807, 2.05) is 0 Å². The number of hydrogen-bond donors (Lipinski definition) is 1. The van der Waals surface area contributed by atoms with Crippen LogP contribution in [0.25, 0.3) is 0 Å². The first-order valence-corrected chi connectivity index (χ1v) is 6.02. The van der Waals surface area contributed by atoms with Gasteiger partial charge in [-0.05, 0) is 25.0 Å². The molecule has 0 heterocycles. The highest BCUT2D eigenvalue weighted by atomic mass is 32.2. The van der Waals surface area contributed by atoms with E-state index >= 15 is 0 Å². The first-order chi connectivity index (χ1) is 7.01. The minimum atomic E-state index is -3.73. The molecule has 0 aromatic heterocycles. The maximum atomic E-state index is 12.0. The largest absolute Gasteiger partial charge is 0.480 e. The molecule has 1 aliphatic carbocycles. The van der Waals surface area contributed by atoms with E-state index in [9.17, 15) is 13.2 Å². The fraction of sp³-hybridized carbons (Fsp3) is 0.300. The molecule has 0 saturated heterocycles. The Labute approximate surface area is 87.5 Å². The predicted molar refractivity (Wildman–Crippen MR) is 53.2 cm³/mol. The first kappa shape index (κ1) is 10.2. The number of carboxylic acids is 1. The van der Waals surface area contributed by atoms with Gasteiger partial charge in [-0.15, -0.1) is 0 Å². The lowest BCUT2D eigenvalue weighted by Gasteiger charge is -2.10. The van der Waals surface area contributed by atoms with E-state index in [2.05, 4.69) is 0 Å². The molecule has 0 amide bonds. The summed E-state index contributed by atoms with van der Waals surface area (Å²) in [5, 5.41) is 8.92. The second kappa shape index (κ2) is 3.06. The van der Waals surface area contributed by atoms with Gasteiger partial charge in [-0.1, -0.05) is 18.2 Å². The van der Waals surface area contributed by atoms with Gasteiger partial charge < -0.3 is 5.11 Å². The first-order valence-electron chi connectivity index (χ1n) is 4.54. The predicted octanol–water partition coefficient (Wildman–Crippen LogP) is 1.08. The van der Waals surface area contributed by atoms with Crippen LogP contribution >= 0.6 is 0 Å². The van der Waals surface area contributed by atoms with E-state index in [-0.39, 0.29) is 17.7 Å². The monoisotopic (exact) mass is 226 g/mol. The number of sulfone groups is 1. The van der Waals surface area contributed by atoms with Crippen molar-refractivity contribution in [2.75, 3.05) is 0 Å². The Balaban J connectivity index is 2.50. The molecule has 1 saturated carbocycles. The van der Waals surface area contributed by atoms with Crippen molar-refractivity contribution in [2.24, 2.45) is 0 Å². The van der Waals surface area contributed by atoms with Crippen molar-refractivity contribution in [3.8, 4) is 0 Å². The van der Waals surface area contributed by atoms with Crippen molar-refractivity contribution in [1.82, 2.24) is 0 Å². The van der Waals surface area contributed by atoms with Crippen molar-refractivity contribution in [1.29, 1.82) is 0 Å². The summed E-state index contributed by atoms with van der Waals surface area (Å²) in [7, 11) is -3.73. The third-order valence-electron chi connectivity index (χ3n) is 2.66. The van der Waals surface area contributed by atoms with Crippen LogP contribution < -0.4 is 0 Å². The van der Waals surface area contributed by atoms with Gasteiger partial charge in [-0.2, -0.15) is 0 Å². The second-order valence-corrected chi connectivity index (χ2v) is 5.88. The molecular weight excluding hydrogens is 216 g/mol. The summed E-state index contributed by atoms with van der Waals surface area (Å²) < 4.78 is 22.4. The smallest absolute Gasteiger partial charge is 0.325 e. The molecule has 0 unspecified atom stereocenters. The lowest BCUT2D eigenvalue weighted by molar-refractivity contribution is -0.137. The van der Waals surface area contributed by atoms with Gasteiger partial charge in [0.1, 0.15) is 0 Å². The molecule has 80 valence electrons. The Morgan fingerprint density at radius 3 is 2.13 bits per heavy atom. The van der Waals surface area contributed by atoms with Gasteiger partial charge in [0.05, 0.1) is 4.90 Å². The van der Waals surface area contributed by atoms with Gasteiger partial charge in [0.25, 0.3) is 0 Å². The maximum absolute atomic E-state index is 12.0. The number of carbonyl (C=O) groups is 1. The Kier molecular flexibility index (Phi) is 2.08. The zero-order chi connectivity index (χ0) is 11.1. The lowest BCUT2D eigenvalue weighted by atomic mass is 10.4. The average Bonchev–Trinajstić information content (AvgIpc) is 3.00. The molecule has 0 radical (unpaired) electrons. The molecule has 1 aromatic rings. The van der Waals surface area contributed by atoms with Crippen LogP contribution in [0, 0.1) is 0 Å². The molecule has 0 spiro atoms. The molecule has 1 aromatic carbocycles. The summed E-state index contributed by atoms with van der Waals surface area (Å²) in [5.74, 6) is -1.24. The van der Waals surface area contributed by atoms with Crippen LogP contribution in [-0.4, -0.2) is 24.2 Å². The quantitative estimate of drug-likeness (QED) is 0.837. The molecular formula is C10H10O4S. The summed E-state index contributed by atoms with van der Waals surface area (Å²) in [6.07, 6.45) is 0.416. The van der Waals surface area contributed by atoms with Crippen LogP contribution in [0.2, 0.25) is 0 Å². The third kappa shape index (κ3) is 1.34. The molecule has 1 fully saturated rings. The topological polar surface area (TPSA) is 71.4 Å². The normalized spacial score (nSPS) is 18.4. The van der Waals surface area contributed by atoms with Crippen molar-refractivity contribution >= 4 is 15.8 Å². The van der Waals surface area contributed by atoms with Gasteiger partial charge >= 0.3 is 5.97 Å². The zero-order valence-corrected chi connectivity index (χ0v) is 8.70. The van der Waals surface area contributed by atoms with E-state index in [0.29, 0.717) is 0 Å². The zero-order valence-electron chi connectivity index (χ0n) is 7.88. The second-order valence-electron chi connectivity index (χ2n) is 3.62. The molecule has 1 aliphatic rings. The van der Waals surface area contributed by atoms with E-state index in [4.69, 9.17) is 5.11 Å². The van der Waals surface area contributed by atoms with Crippen LogP contribution in [0.5, 0.6) is 0 Å². The average molecular weight is 226 g/mol. The van der Waals surface area contributed by atoms with Gasteiger partial charge in [0, 0.05) is 0 Å². The minimum absolute atomic E-state index is 0.0879. The van der Waals surface area contributed by atoms with Crippen molar-refractivity contribution in [3.63, 3.8) is 0 Å². The Bertz CT molecular complexity index is 485. The molecule has 1 N–H and O–H groups in total. The highest BCUT2D eigenvalue weighted by Gasteiger charge is 2.61. The van der Waals surface area contributed by atoms with E-state index in [0.717, 1.165) is 0 Å². The van der Waals surface area contributed by atoms with Crippen LogP contribution in [0.3, 0.4) is 0 Å². The minimum Gasteiger partial charge on any atom is -0.480 e. The SMILES string of the molecule is O=C(O)C1(S(=O)(=O)c2ccccc2)CC1. The standard InChI is InChI=1S/C10H10O4S/c11-9(12)10(6-7-10)15(13,14)8-4-2-1-3-5-8/h1-5H,6-7H2,(H,11,12). The lowest BCUT2D eigenvalue weighted by Crippen LogP contribution is -2.32. The van der Waals surface area contributed by atoms with Crippen molar-refractivity contribution < 1.29 is 18.3 Å². The van der Waals surface area contributed by atoms with Crippen LogP contribution in [-0.2, 0) is 14.6 Å². The maximum Gasteiger partial charge on any atom is 0.325 e. The summed E-state index contributed by atoms with van der Waals surface area (Å²) in [6, 6.07) is 7.73. The van der Waals surface area contributed by atoms with E-state index in [1.165, 1.54) is 12.1 Å². The molecule has 0 atom stereocenters. The fourth-order valence-corrected chi connectivity index (χ4v) is 3.37. The summed E-state index contributed by atoms with van der Waals surface area (Å²) >= 11 is 0. The summed E-state index contributed by atoms with van der Waals surface area (Å²) in [4.78, 5) is 11.0. The molecule has 0 bridgehead atoms. The number of benzene rings is 1. The van der Waals surface area contributed by atoms with E-state index in [1.54, 1.807) is 18.2 Å². The molecule has 15 heavy (non-hydrogen) atoms.